The van der Waals surface area contributed by atoms with E-state index in [2.05, 4.69) is 16.9 Å². The molecule has 28 heavy (non-hydrogen) atoms. The molecule has 1 heterocycles. The summed E-state index contributed by atoms with van der Waals surface area (Å²) >= 11 is 6.02. The van der Waals surface area contributed by atoms with Crippen LogP contribution in [-0.2, 0) is 6.54 Å². The highest BCUT2D eigenvalue weighted by atomic mass is 35.5. The molecule has 0 spiro atoms. The number of aliphatic hydroxyl groups excluding tert-OH is 1. The van der Waals surface area contributed by atoms with Crippen molar-refractivity contribution in [3.05, 3.63) is 69.7 Å². The van der Waals surface area contributed by atoms with Crippen molar-refractivity contribution < 1.29 is 9.84 Å². The second-order valence-electron chi connectivity index (χ2n) is 6.69. The van der Waals surface area contributed by atoms with Crippen molar-refractivity contribution in [2.75, 3.05) is 19.7 Å². The van der Waals surface area contributed by atoms with E-state index in [4.69, 9.17) is 16.3 Å². The number of nitrogens with one attached hydrogen (secondary N) is 1. The number of benzene rings is 2. The smallest absolute Gasteiger partial charge is 0.258 e. The molecule has 0 radical (unpaired) electrons. The summed E-state index contributed by atoms with van der Waals surface area (Å²) in [5.41, 5.74) is 0.372. The van der Waals surface area contributed by atoms with Crippen molar-refractivity contribution in [2.24, 2.45) is 0 Å². The number of aliphatic hydroxyl groups is 1. The summed E-state index contributed by atoms with van der Waals surface area (Å²) in [4.78, 5) is 21.7. The number of hydrogen-bond donors (Lipinski definition) is 2. The van der Waals surface area contributed by atoms with Gasteiger partial charge >= 0.3 is 0 Å². The summed E-state index contributed by atoms with van der Waals surface area (Å²) in [7, 11) is 0. The predicted octanol–water partition coefficient (Wildman–Crippen LogP) is 3.23. The third-order valence-corrected chi connectivity index (χ3v) is 4.52. The molecule has 0 fully saturated rings. The number of para-hydroxylation sites is 1. The van der Waals surface area contributed by atoms with Gasteiger partial charge in [0, 0.05) is 11.6 Å². The Morgan fingerprint density at radius 2 is 2.04 bits per heavy atom. The first kappa shape index (κ1) is 20.3. The largest absolute Gasteiger partial charge is 0.491 e. The van der Waals surface area contributed by atoms with E-state index >= 15 is 0 Å². The normalized spacial score (nSPS) is 12.4. The number of nitrogens with zero attached hydrogens (tertiary/aromatic N) is 2. The van der Waals surface area contributed by atoms with Crippen LogP contribution in [0.3, 0.4) is 0 Å². The molecular formula is C21H24ClN3O3. The number of aromatic amines is 1. The minimum Gasteiger partial charge on any atom is -0.491 e. The molecular weight excluding hydrogens is 378 g/mol. The van der Waals surface area contributed by atoms with E-state index < -0.39 is 6.10 Å². The van der Waals surface area contributed by atoms with Crippen molar-refractivity contribution in [2.45, 2.75) is 26.0 Å². The van der Waals surface area contributed by atoms with Gasteiger partial charge in [0.1, 0.15) is 24.3 Å². The summed E-state index contributed by atoms with van der Waals surface area (Å²) in [6.45, 7) is 3.86. The first-order valence-electron chi connectivity index (χ1n) is 9.32. The fourth-order valence-electron chi connectivity index (χ4n) is 3.06. The lowest BCUT2D eigenvalue weighted by Crippen LogP contribution is -2.36. The zero-order valence-electron chi connectivity index (χ0n) is 15.8. The predicted molar refractivity (Wildman–Crippen MR) is 111 cm³/mol. The van der Waals surface area contributed by atoms with Crippen molar-refractivity contribution in [3.63, 3.8) is 0 Å². The molecule has 7 heteroatoms. The van der Waals surface area contributed by atoms with Crippen LogP contribution in [0.4, 0.5) is 0 Å². The Kier molecular flexibility index (Phi) is 7.03. The number of ether oxygens (including phenoxy) is 1. The minimum atomic E-state index is -0.659. The van der Waals surface area contributed by atoms with E-state index in [0.29, 0.717) is 34.8 Å². The van der Waals surface area contributed by atoms with Gasteiger partial charge < -0.3 is 14.8 Å². The van der Waals surface area contributed by atoms with Crippen molar-refractivity contribution in [3.8, 4) is 5.75 Å². The molecule has 0 amide bonds. The highest BCUT2D eigenvalue weighted by Gasteiger charge is 2.14. The molecule has 2 aromatic carbocycles. The Bertz CT molecular complexity index is 962. The van der Waals surface area contributed by atoms with Gasteiger partial charge in [-0.05, 0) is 43.3 Å². The molecule has 0 saturated heterocycles. The van der Waals surface area contributed by atoms with Crippen LogP contribution >= 0.6 is 11.6 Å². The second kappa shape index (κ2) is 9.68. The fourth-order valence-corrected chi connectivity index (χ4v) is 3.23. The lowest BCUT2D eigenvalue weighted by atomic mass is 10.2. The maximum Gasteiger partial charge on any atom is 0.258 e. The zero-order valence-corrected chi connectivity index (χ0v) is 16.5. The number of fused-ring (bicyclic) bond motifs is 1. The number of hydrogen-bond acceptors (Lipinski definition) is 5. The Hall–Kier alpha value is -2.41. The van der Waals surface area contributed by atoms with E-state index in [0.717, 1.165) is 18.7 Å². The summed E-state index contributed by atoms with van der Waals surface area (Å²) < 4.78 is 5.62. The summed E-state index contributed by atoms with van der Waals surface area (Å²) in [5.74, 6) is 1.27. The summed E-state index contributed by atoms with van der Waals surface area (Å²) in [5, 5.41) is 11.4. The number of H-pyrrole nitrogens is 1. The van der Waals surface area contributed by atoms with E-state index in [1.165, 1.54) is 0 Å². The van der Waals surface area contributed by atoms with Crippen molar-refractivity contribution in [1.29, 1.82) is 0 Å². The molecule has 148 valence electrons. The highest BCUT2D eigenvalue weighted by molar-refractivity contribution is 6.31. The molecule has 0 aliphatic carbocycles. The number of rotatable bonds is 9. The van der Waals surface area contributed by atoms with Crippen LogP contribution in [-0.4, -0.2) is 45.8 Å². The minimum absolute atomic E-state index is 0.193. The molecule has 2 N–H and O–H groups in total. The van der Waals surface area contributed by atoms with Gasteiger partial charge in [-0.2, -0.15) is 0 Å². The first-order chi connectivity index (χ1) is 13.5. The lowest BCUT2D eigenvalue weighted by molar-refractivity contribution is 0.0647. The molecule has 0 aliphatic rings. The van der Waals surface area contributed by atoms with Gasteiger partial charge in [-0.1, -0.05) is 36.7 Å². The topological polar surface area (TPSA) is 78.5 Å². The molecule has 1 atom stereocenters. The Morgan fingerprint density at radius 3 is 2.79 bits per heavy atom. The Balaban J connectivity index is 1.67. The Morgan fingerprint density at radius 1 is 1.25 bits per heavy atom. The van der Waals surface area contributed by atoms with Crippen LogP contribution in [0.5, 0.6) is 5.75 Å². The van der Waals surface area contributed by atoms with Gasteiger partial charge in [0.05, 0.1) is 17.4 Å². The molecule has 3 aromatic rings. The molecule has 0 saturated carbocycles. The molecule has 3 rings (SSSR count). The van der Waals surface area contributed by atoms with Gasteiger partial charge in [0.25, 0.3) is 5.56 Å². The monoisotopic (exact) mass is 401 g/mol. The fraction of sp³-hybridized carbons (Fsp3) is 0.333. The standard InChI is InChI=1S/C21H24ClN3O3/c1-2-10-25(12-16(26)14-28-17-6-4-3-5-7-17)13-20-23-19-11-15(22)8-9-18(19)21(27)24-20/h3-9,11,16,26H,2,10,12-14H2,1H3,(H,23,24,27)/t16-/m0/s1. The molecule has 0 bridgehead atoms. The third-order valence-electron chi connectivity index (χ3n) is 4.29. The zero-order chi connectivity index (χ0) is 19.9. The van der Waals surface area contributed by atoms with E-state index in [9.17, 15) is 9.90 Å². The Labute approximate surface area is 168 Å². The van der Waals surface area contributed by atoms with Gasteiger partial charge in [-0.25, -0.2) is 4.98 Å². The van der Waals surface area contributed by atoms with Crippen LogP contribution in [0.1, 0.15) is 19.2 Å². The van der Waals surface area contributed by atoms with Crippen LogP contribution in [0, 0.1) is 0 Å². The van der Waals surface area contributed by atoms with Crippen LogP contribution in [0.2, 0.25) is 5.02 Å². The van der Waals surface area contributed by atoms with Gasteiger partial charge in [0.15, 0.2) is 0 Å². The van der Waals surface area contributed by atoms with Gasteiger partial charge in [-0.15, -0.1) is 0 Å². The second-order valence-corrected chi connectivity index (χ2v) is 7.12. The van der Waals surface area contributed by atoms with Gasteiger partial charge in [0.2, 0.25) is 0 Å². The quantitative estimate of drug-likeness (QED) is 0.575. The third kappa shape index (κ3) is 5.55. The summed E-state index contributed by atoms with van der Waals surface area (Å²) in [6.07, 6.45) is 0.254. The van der Waals surface area contributed by atoms with E-state index in [1.54, 1.807) is 18.2 Å². The van der Waals surface area contributed by atoms with Crippen LogP contribution < -0.4 is 10.3 Å². The molecule has 0 unspecified atom stereocenters. The molecule has 0 aliphatic heterocycles. The highest BCUT2D eigenvalue weighted by Crippen LogP contribution is 2.15. The van der Waals surface area contributed by atoms with Crippen molar-refractivity contribution in [1.82, 2.24) is 14.9 Å². The van der Waals surface area contributed by atoms with Gasteiger partial charge in [-0.3, -0.25) is 9.69 Å². The number of aromatic nitrogens is 2. The maximum atomic E-state index is 12.3. The average molecular weight is 402 g/mol. The first-order valence-corrected chi connectivity index (χ1v) is 9.69. The van der Waals surface area contributed by atoms with Crippen LogP contribution in [0.15, 0.2) is 53.3 Å². The molecule has 1 aromatic heterocycles. The SMILES string of the molecule is CCCN(Cc1nc2cc(Cl)ccc2c(=O)[nH]1)C[C@H](O)COc1ccccc1. The van der Waals surface area contributed by atoms with E-state index in [-0.39, 0.29) is 12.2 Å². The number of halogens is 1. The average Bonchev–Trinajstić information content (AvgIpc) is 2.67. The van der Waals surface area contributed by atoms with Crippen LogP contribution in [0.25, 0.3) is 10.9 Å². The maximum absolute atomic E-state index is 12.3. The van der Waals surface area contributed by atoms with E-state index in [1.807, 2.05) is 35.2 Å². The lowest BCUT2D eigenvalue weighted by Gasteiger charge is -2.24. The summed E-state index contributed by atoms with van der Waals surface area (Å²) in [6, 6.07) is 14.4. The van der Waals surface area contributed by atoms with Crippen molar-refractivity contribution >= 4 is 22.5 Å². The molecule has 6 nitrogen and oxygen atoms in total.